The van der Waals surface area contributed by atoms with Crippen LogP contribution in [-0.4, -0.2) is 43.7 Å². The van der Waals surface area contributed by atoms with Crippen LogP contribution >= 0.6 is 11.6 Å². The summed E-state index contributed by atoms with van der Waals surface area (Å²) in [5.41, 5.74) is 2.07. The minimum atomic E-state index is -4.07. The molecule has 4 rings (SSSR count). The Hall–Kier alpha value is -2.62. The molecule has 0 aromatic heterocycles. The Morgan fingerprint density at radius 2 is 2.03 bits per heavy atom. The molecule has 164 valence electrons. The summed E-state index contributed by atoms with van der Waals surface area (Å²) < 4.78 is 33.3. The van der Waals surface area contributed by atoms with E-state index in [1.807, 2.05) is 19.1 Å². The highest BCUT2D eigenvalue weighted by Gasteiger charge is 2.41. The number of anilines is 2. The van der Waals surface area contributed by atoms with Crippen molar-refractivity contribution in [1.29, 1.82) is 0 Å². The van der Waals surface area contributed by atoms with E-state index in [1.54, 1.807) is 12.1 Å². The molecule has 0 unspecified atom stereocenters. The van der Waals surface area contributed by atoms with Gasteiger partial charge in [-0.1, -0.05) is 30.7 Å². The average Bonchev–Trinajstić information content (AvgIpc) is 3.25. The molecule has 2 N–H and O–H groups in total. The predicted molar refractivity (Wildman–Crippen MR) is 117 cm³/mol. The van der Waals surface area contributed by atoms with E-state index in [0.717, 1.165) is 12.0 Å². The van der Waals surface area contributed by atoms with Crippen molar-refractivity contribution < 1.29 is 22.7 Å². The maximum Gasteiger partial charge on any atom is 0.262 e. The van der Waals surface area contributed by atoms with Gasteiger partial charge in [-0.05, 0) is 43.0 Å². The fourth-order valence-corrected chi connectivity index (χ4v) is 5.92. The van der Waals surface area contributed by atoms with E-state index in [0.29, 0.717) is 24.2 Å². The van der Waals surface area contributed by atoms with Gasteiger partial charge < -0.3 is 15.4 Å². The van der Waals surface area contributed by atoms with Crippen molar-refractivity contribution in [2.75, 3.05) is 23.8 Å². The first-order valence-electron chi connectivity index (χ1n) is 9.97. The molecule has 2 aliphatic rings. The summed E-state index contributed by atoms with van der Waals surface area (Å²) in [6.07, 6.45) is 1.85. The van der Waals surface area contributed by atoms with Gasteiger partial charge >= 0.3 is 0 Å². The maximum atomic E-state index is 13.4. The highest BCUT2D eigenvalue weighted by atomic mass is 35.5. The van der Waals surface area contributed by atoms with Gasteiger partial charge in [-0.3, -0.25) is 9.59 Å². The number of hydrogen-bond donors (Lipinski definition) is 2. The van der Waals surface area contributed by atoms with Crippen LogP contribution in [0.2, 0.25) is 5.02 Å². The molecule has 1 fully saturated rings. The monoisotopic (exact) mass is 463 g/mol. The maximum absolute atomic E-state index is 13.4. The van der Waals surface area contributed by atoms with Crippen LogP contribution in [0.25, 0.3) is 0 Å². The highest BCUT2D eigenvalue weighted by Crippen LogP contribution is 2.38. The van der Waals surface area contributed by atoms with Crippen molar-refractivity contribution in [3.63, 3.8) is 0 Å². The Bertz CT molecular complexity index is 1130. The Labute approximate surface area is 185 Å². The lowest BCUT2D eigenvalue weighted by Crippen LogP contribution is -2.43. The molecule has 0 spiro atoms. The number of sulfonamides is 1. The average molecular weight is 464 g/mol. The first-order chi connectivity index (χ1) is 14.8. The first kappa shape index (κ1) is 21.6. The number of halogens is 1. The number of nitrogens with one attached hydrogen (secondary N) is 2. The van der Waals surface area contributed by atoms with Crippen LogP contribution in [0.3, 0.4) is 0 Å². The number of carbonyl (C=O) groups excluding carboxylic acids is 2. The van der Waals surface area contributed by atoms with Crippen LogP contribution in [0.5, 0.6) is 5.75 Å². The molecule has 2 aromatic carbocycles. The van der Waals surface area contributed by atoms with E-state index in [1.165, 1.54) is 16.4 Å². The quantitative estimate of drug-likeness (QED) is 0.709. The number of nitrogens with zero attached hydrogens (tertiary/aromatic N) is 1. The summed E-state index contributed by atoms with van der Waals surface area (Å²) in [7, 11) is -4.07. The minimum absolute atomic E-state index is 0.0502. The molecule has 8 nitrogen and oxygen atoms in total. The van der Waals surface area contributed by atoms with Crippen LogP contribution in [0.1, 0.15) is 25.3 Å². The summed E-state index contributed by atoms with van der Waals surface area (Å²) in [6, 6.07) is 9.25. The van der Waals surface area contributed by atoms with E-state index in [4.69, 9.17) is 16.3 Å². The molecule has 2 heterocycles. The molecular weight excluding hydrogens is 442 g/mol. The Kier molecular flexibility index (Phi) is 5.92. The van der Waals surface area contributed by atoms with Gasteiger partial charge in [0.25, 0.3) is 5.91 Å². The number of rotatable bonds is 5. The third kappa shape index (κ3) is 4.26. The number of hydrogen-bond acceptors (Lipinski definition) is 5. The van der Waals surface area contributed by atoms with E-state index in [2.05, 4.69) is 10.6 Å². The highest BCUT2D eigenvalue weighted by molar-refractivity contribution is 7.89. The predicted octanol–water partition coefficient (Wildman–Crippen LogP) is 3.03. The van der Waals surface area contributed by atoms with Gasteiger partial charge in [0.15, 0.2) is 6.61 Å². The molecule has 0 aliphatic carbocycles. The van der Waals surface area contributed by atoms with E-state index < -0.39 is 16.1 Å². The third-order valence-electron chi connectivity index (χ3n) is 5.39. The fraction of sp³-hybridized carbons (Fsp3) is 0.333. The van der Waals surface area contributed by atoms with Gasteiger partial charge in [-0.15, -0.1) is 0 Å². The van der Waals surface area contributed by atoms with Crippen LogP contribution < -0.4 is 15.4 Å². The Morgan fingerprint density at radius 3 is 2.74 bits per heavy atom. The van der Waals surface area contributed by atoms with Crippen molar-refractivity contribution in [1.82, 2.24) is 4.31 Å². The van der Waals surface area contributed by atoms with Gasteiger partial charge in [-0.25, -0.2) is 8.42 Å². The number of aryl methyl sites for hydroxylation is 1. The Morgan fingerprint density at radius 1 is 1.29 bits per heavy atom. The SMILES string of the molecule is CCc1ccc(NC(=O)[C@H]2CCCN2S(=O)(=O)c2cc3c(cc2Cl)NC(=O)CO3)cc1. The molecular formula is C21H22ClN3O5S. The van der Waals surface area contributed by atoms with Crippen molar-refractivity contribution in [2.24, 2.45) is 0 Å². The topological polar surface area (TPSA) is 105 Å². The number of amides is 2. The number of carbonyl (C=O) groups is 2. The van der Waals surface area contributed by atoms with Crippen LogP contribution in [-0.2, 0) is 26.0 Å². The summed E-state index contributed by atoms with van der Waals surface area (Å²) in [4.78, 5) is 24.2. The number of ether oxygens (including phenoxy) is 1. The van der Waals surface area contributed by atoms with E-state index >= 15 is 0 Å². The summed E-state index contributed by atoms with van der Waals surface area (Å²) in [6.45, 7) is 2.04. The van der Waals surface area contributed by atoms with E-state index in [-0.39, 0.29) is 40.6 Å². The van der Waals surface area contributed by atoms with Crippen molar-refractivity contribution in [2.45, 2.75) is 37.1 Å². The molecule has 0 bridgehead atoms. The molecule has 1 saturated heterocycles. The molecule has 2 aromatic rings. The van der Waals surface area contributed by atoms with Crippen molar-refractivity contribution >= 4 is 44.8 Å². The van der Waals surface area contributed by atoms with E-state index in [9.17, 15) is 18.0 Å². The van der Waals surface area contributed by atoms with Gasteiger partial charge in [0.1, 0.15) is 16.7 Å². The fourth-order valence-electron chi connectivity index (χ4n) is 3.74. The standard InChI is InChI=1S/C21H22ClN3O5S/c1-2-13-5-7-14(8-6-13)23-21(27)17-4-3-9-25(17)31(28,29)19-11-18-16(10-15(19)22)24-20(26)12-30-18/h5-8,10-11,17H,2-4,9,12H2,1H3,(H,23,27)(H,24,26)/t17-/m1/s1. The van der Waals surface area contributed by atoms with Crippen LogP contribution in [0.15, 0.2) is 41.3 Å². The molecule has 31 heavy (non-hydrogen) atoms. The smallest absolute Gasteiger partial charge is 0.262 e. The molecule has 0 radical (unpaired) electrons. The first-order valence-corrected chi connectivity index (χ1v) is 11.8. The zero-order chi connectivity index (χ0) is 22.2. The molecule has 1 atom stereocenters. The summed E-state index contributed by atoms with van der Waals surface area (Å²) in [5.74, 6) is -0.510. The number of benzene rings is 2. The summed E-state index contributed by atoms with van der Waals surface area (Å²) >= 11 is 6.24. The summed E-state index contributed by atoms with van der Waals surface area (Å²) in [5, 5.41) is 5.35. The lowest BCUT2D eigenvalue weighted by atomic mass is 10.1. The molecule has 2 amide bonds. The van der Waals surface area contributed by atoms with Gasteiger partial charge in [-0.2, -0.15) is 4.31 Å². The molecule has 10 heteroatoms. The zero-order valence-corrected chi connectivity index (χ0v) is 18.4. The minimum Gasteiger partial charge on any atom is -0.482 e. The van der Waals surface area contributed by atoms with Crippen LogP contribution in [0.4, 0.5) is 11.4 Å². The zero-order valence-electron chi connectivity index (χ0n) is 16.9. The largest absolute Gasteiger partial charge is 0.482 e. The van der Waals surface area contributed by atoms with Gasteiger partial charge in [0.2, 0.25) is 15.9 Å². The van der Waals surface area contributed by atoms with Crippen molar-refractivity contribution in [3.8, 4) is 5.75 Å². The number of fused-ring (bicyclic) bond motifs is 1. The Balaban J connectivity index is 1.58. The lowest BCUT2D eigenvalue weighted by molar-refractivity contribution is -0.119. The molecule has 0 saturated carbocycles. The second-order valence-corrected chi connectivity index (χ2v) is 9.70. The van der Waals surface area contributed by atoms with Gasteiger partial charge in [0, 0.05) is 18.3 Å². The molecule has 2 aliphatic heterocycles. The second kappa shape index (κ2) is 8.49. The van der Waals surface area contributed by atoms with Crippen molar-refractivity contribution in [3.05, 3.63) is 47.0 Å². The normalized spacial score (nSPS) is 18.8. The van der Waals surface area contributed by atoms with Crippen LogP contribution in [0, 0.1) is 0 Å². The van der Waals surface area contributed by atoms with Gasteiger partial charge in [0.05, 0.1) is 10.7 Å². The second-order valence-electron chi connectivity index (χ2n) is 7.43. The third-order valence-corrected chi connectivity index (χ3v) is 7.76. The lowest BCUT2D eigenvalue weighted by Gasteiger charge is -2.25.